The van der Waals surface area contributed by atoms with Gasteiger partial charge in [0.2, 0.25) is 0 Å². The van der Waals surface area contributed by atoms with Crippen LogP contribution in [0, 0.1) is 96.8 Å². The normalized spacial score (nSPS) is 9.49. The van der Waals surface area contributed by atoms with Gasteiger partial charge in [-0.25, -0.2) is 40.4 Å². The van der Waals surface area contributed by atoms with Gasteiger partial charge in [-0.05, 0) is 5.56 Å². The number of halogens is 11. The number of hydrogen-bond acceptors (Lipinski definition) is 8. The van der Waals surface area contributed by atoms with Gasteiger partial charge in [0.1, 0.15) is 17.7 Å². The first kappa shape index (κ1) is 48.1. The van der Waals surface area contributed by atoms with Crippen LogP contribution in [0.25, 0.3) is 9.69 Å². The van der Waals surface area contributed by atoms with Crippen LogP contribution in [-0.2, 0) is 6.42 Å². The zero-order chi connectivity index (χ0) is 39.1. The summed E-state index contributed by atoms with van der Waals surface area (Å²) in [4.78, 5) is 24.5. The van der Waals surface area contributed by atoms with Gasteiger partial charge >= 0.3 is 29.6 Å². The van der Waals surface area contributed by atoms with Crippen molar-refractivity contribution in [1.29, 1.82) is 10.5 Å². The molecule has 0 fully saturated rings. The number of benzene rings is 4. The van der Waals surface area contributed by atoms with E-state index in [1.54, 1.807) is 0 Å². The second-order valence-electron chi connectivity index (χ2n) is 8.97. The van der Waals surface area contributed by atoms with E-state index in [1.807, 2.05) is 0 Å². The van der Waals surface area contributed by atoms with E-state index in [0.29, 0.717) is 0 Å². The molecule has 4 aromatic carbocycles. The van der Waals surface area contributed by atoms with Gasteiger partial charge in [-0.15, -0.1) is 0 Å². The molecule has 0 aliphatic heterocycles. The largest absolute Gasteiger partial charge is 1.00 e. The molecular formula is C29H9Cl4F7N7NaO5. The van der Waals surface area contributed by atoms with Gasteiger partial charge in [0.15, 0.2) is 40.7 Å². The topological polar surface area (TPSA) is 199 Å². The van der Waals surface area contributed by atoms with Gasteiger partial charge < -0.3 is 11.2 Å². The third-order valence-corrected chi connectivity index (χ3v) is 7.35. The maximum atomic E-state index is 14.2. The summed E-state index contributed by atoms with van der Waals surface area (Å²) in [7, 11) is 0. The smallest absolute Gasteiger partial charge is 0.870 e. The van der Waals surface area contributed by atoms with E-state index in [-0.39, 0.29) is 72.1 Å². The standard InChI is InChI=1S/C15H4Cl2F3N3O2.C8F4N2.C6H4Cl2N2O2.Na.H2O/c1-22-15-13(19)9(5-21)7(12(18)14(15)20)4-8-10(16)2-6(23(24)25)3-11(8)17;1-14-8-5(10)3(2-13)4(9)6(11)7(8)12;7-4-1-3(10(11)12)2-5(8)6(4)9;;/h2-3H,4H2;;1-2H,9H2;;1H2/q;;;+1;/p-1. The van der Waals surface area contributed by atoms with E-state index in [4.69, 9.17) is 75.8 Å². The van der Waals surface area contributed by atoms with Crippen molar-refractivity contribution in [2.75, 3.05) is 5.73 Å². The molecule has 0 atom stereocenters. The van der Waals surface area contributed by atoms with Crippen LogP contribution < -0.4 is 35.3 Å². The average molecular weight is 833 g/mol. The van der Waals surface area contributed by atoms with Gasteiger partial charge in [0.05, 0.1) is 54.3 Å². The number of non-ortho nitro benzene ring substituents is 2. The predicted octanol–water partition coefficient (Wildman–Crippen LogP) is 7.31. The molecule has 4 aromatic rings. The van der Waals surface area contributed by atoms with Crippen molar-refractivity contribution in [2.45, 2.75) is 6.42 Å². The molecule has 12 nitrogen and oxygen atoms in total. The Labute approximate surface area is 333 Å². The van der Waals surface area contributed by atoms with Crippen LogP contribution in [0.4, 0.5) is 59.2 Å². The Balaban J connectivity index is 0.000000822. The summed E-state index contributed by atoms with van der Waals surface area (Å²) in [5, 5.41) is 38.0. The van der Waals surface area contributed by atoms with Crippen molar-refractivity contribution >= 4 is 74.8 Å². The predicted molar refractivity (Wildman–Crippen MR) is 170 cm³/mol. The molecule has 0 heterocycles. The average Bonchev–Trinajstić information content (AvgIpc) is 3.07. The molecule has 0 unspecified atom stereocenters. The molecule has 4 rings (SSSR count). The molecule has 0 spiro atoms. The molecule has 0 amide bonds. The van der Waals surface area contributed by atoms with Gasteiger partial charge in [-0.3, -0.25) is 20.2 Å². The minimum Gasteiger partial charge on any atom is -0.870 e. The first-order valence-corrected chi connectivity index (χ1v) is 13.9. The molecule has 0 saturated heterocycles. The quantitative estimate of drug-likeness (QED) is 0.0323. The number of nitrogens with two attached hydrogens (primary N) is 1. The molecular weight excluding hydrogens is 824 g/mol. The van der Waals surface area contributed by atoms with Crippen molar-refractivity contribution in [2.24, 2.45) is 0 Å². The number of nitro benzene ring substituents is 2. The summed E-state index contributed by atoms with van der Waals surface area (Å²) in [6.07, 6.45) is -0.601. The molecule has 0 aliphatic carbocycles. The Kier molecular flexibility index (Phi) is 18.5. The zero-order valence-electron chi connectivity index (χ0n) is 25.5. The van der Waals surface area contributed by atoms with E-state index in [1.165, 1.54) is 6.07 Å². The second-order valence-corrected chi connectivity index (χ2v) is 10.6. The molecule has 0 saturated carbocycles. The fourth-order valence-electron chi connectivity index (χ4n) is 3.61. The summed E-state index contributed by atoms with van der Waals surface area (Å²) in [6, 6.07) is 6.57. The number of nitrogens with zero attached hydrogens (tertiary/aromatic N) is 6. The molecule has 0 bridgehead atoms. The first-order valence-electron chi connectivity index (χ1n) is 12.4. The molecule has 0 radical (unpaired) electrons. The number of nitriles is 2. The summed E-state index contributed by atoms with van der Waals surface area (Å²) in [5.41, 5.74) is -0.544. The fraction of sp³-hybridized carbons (Fsp3) is 0.0345. The van der Waals surface area contributed by atoms with Crippen LogP contribution >= 0.6 is 46.4 Å². The molecule has 24 heteroatoms. The van der Waals surface area contributed by atoms with Crippen molar-refractivity contribution in [3.05, 3.63) is 150 Å². The molecule has 0 aromatic heterocycles. The first-order chi connectivity index (χ1) is 23.8. The molecule has 0 aliphatic rings. The number of hydrogen-bond donors (Lipinski definition) is 1. The summed E-state index contributed by atoms with van der Waals surface area (Å²) in [6.45, 7) is 13.0. The summed E-state index contributed by atoms with van der Waals surface area (Å²) >= 11 is 22.9. The van der Waals surface area contributed by atoms with Crippen LogP contribution in [0.2, 0.25) is 20.1 Å². The van der Waals surface area contributed by atoms with Crippen LogP contribution in [0.15, 0.2) is 24.3 Å². The van der Waals surface area contributed by atoms with E-state index < -0.39 is 90.7 Å². The number of rotatable bonds is 4. The number of anilines is 1. The Bertz CT molecular complexity index is 2230. The SMILES string of the molecule is Nc1c(Cl)cc([N+](=O)[O-])cc1Cl.[C-]#[N+]c1c(F)c(F)c(Cc2c(Cl)cc([N+](=O)[O-])cc2Cl)c(C#N)c1F.[C-]#[N+]c1c(F)c(F)c(F)c(C#N)c1F.[Na+].[OH-]. The van der Waals surface area contributed by atoms with E-state index in [9.17, 15) is 51.0 Å². The minimum atomic E-state index is -2.02. The van der Waals surface area contributed by atoms with E-state index >= 15 is 0 Å². The third kappa shape index (κ3) is 10.6. The Morgan fingerprint density at radius 1 is 0.642 bits per heavy atom. The van der Waals surface area contributed by atoms with Crippen LogP contribution in [-0.4, -0.2) is 15.3 Å². The maximum absolute atomic E-state index is 14.2. The van der Waals surface area contributed by atoms with Crippen molar-refractivity contribution in [3.63, 3.8) is 0 Å². The van der Waals surface area contributed by atoms with Crippen LogP contribution in [0.3, 0.4) is 0 Å². The molecule has 53 heavy (non-hydrogen) atoms. The summed E-state index contributed by atoms with van der Waals surface area (Å²) < 4.78 is 92.9. The Hall–Kier alpha value is -4.93. The zero-order valence-corrected chi connectivity index (χ0v) is 30.5. The van der Waals surface area contributed by atoms with Crippen molar-refractivity contribution in [3.8, 4) is 12.1 Å². The monoisotopic (exact) mass is 831 g/mol. The van der Waals surface area contributed by atoms with E-state index in [0.717, 1.165) is 30.3 Å². The van der Waals surface area contributed by atoms with Crippen LogP contribution in [0.5, 0.6) is 0 Å². The van der Waals surface area contributed by atoms with Gasteiger partial charge in [0, 0.05) is 36.2 Å². The minimum absolute atomic E-state index is 0. The van der Waals surface area contributed by atoms with Crippen molar-refractivity contribution < 1.29 is 75.6 Å². The van der Waals surface area contributed by atoms with Crippen LogP contribution in [0.1, 0.15) is 22.3 Å². The number of nitrogen functional groups attached to an aromatic ring is 1. The number of nitro groups is 2. The van der Waals surface area contributed by atoms with Gasteiger partial charge in [-0.1, -0.05) is 46.4 Å². The van der Waals surface area contributed by atoms with E-state index in [2.05, 4.69) is 9.69 Å². The fourth-order valence-corrected chi connectivity index (χ4v) is 4.69. The van der Waals surface area contributed by atoms with Gasteiger partial charge in [-0.2, -0.15) is 10.5 Å². The second kappa shape index (κ2) is 20.3. The summed E-state index contributed by atoms with van der Waals surface area (Å²) in [5.74, 6) is -12.4. The van der Waals surface area contributed by atoms with Crippen molar-refractivity contribution in [1.82, 2.24) is 0 Å². The van der Waals surface area contributed by atoms with Gasteiger partial charge in [0.25, 0.3) is 22.7 Å². The molecule has 3 N–H and O–H groups in total. The Morgan fingerprint density at radius 2 is 1.00 bits per heavy atom. The maximum Gasteiger partial charge on any atom is 1.00 e. The third-order valence-electron chi connectivity index (χ3n) is 6.05. The molecule has 268 valence electrons. The Morgan fingerprint density at radius 3 is 1.36 bits per heavy atom.